The molecule has 7 nitrogen and oxygen atoms in total. The van der Waals surface area contributed by atoms with Crippen LogP contribution in [0.15, 0.2) is 24.3 Å². The number of aromatic amines is 1. The van der Waals surface area contributed by atoms with Crippen molar-refractivity contribution in [2.24, 2.45) is 0 Å². The number of hydrogen-bond acceptors (Lipinski definition) is 5. The number of likely N-dealkylation sites (N-methyl/N-ethyl adjacent to an activating group) is 1. The molecule has 1 fully saturated rings. The monoisotopic (exact) mass is 424 g/mol. The van der Waals surface area contributed by atoms with Crippen LogP contribution in [0.4, 0.5) is 13.2 Å². The van der Waals surface area contributed by atoms with E-state index in [1.807, 2.05) is 21.0 Å². The van der Waals surface area contributed by atoms with Gasteiger partial charge in [0.25, 0.3) is 0 Å². The molecule has 0 unspecified atom stereocenters. The fraction of sp³-hybridized carbons (Fsp3) is 0.550. The van der Waals surface area contributed by atoms with Gasteiger partial charge in [-0.3, -0.25) is 14.8 Å². The number of benzene rings is 1. The van der Waals surface area contributed by atoms with Gasteiger partial charge in [0.15, 0.2) is 5.82 Å². The highest BCUT2D eigenvalue weighted by Crippen LogP contribution is 2.30. The number of alkyl halides is 3. The molecule has 0 saturated carbocycles. The van der Waals surface area contributed by atoms with E-state index in [4.69, 9.17) is 0 Å². The molecule has 2 N–H and O–H groups in total. The Morgan fingerprint density at radius 2 is 2.00 bits per heavy atom. The van der Waals surface area contributed by atoms with E-state index in [1.165, 1.54) is 12.1 Å². The second-order valence-electron chi connectivity index (χ2n) is 8.02. The highest BCUT2D eigenvalue weighted by atomic mass is 19.4. The Hall–Kier alpha value is -2.46. The summed E-state index contributed by atoms with van der Waals surface area (Å²) in [6.45, 7) is 3.92. The molecule has 2 heterocycles. The number of rotatable bonds is 6. The van der Waals surface area contributed by atoms with Crippen molar-refractivity contribution in [2.45, 2.75) is 38.0 Å². The van der Waals surface area contributed by atoms with Crippen LogP contribution in [-0.4, -0.2) is 70.7 Å². The van der Waals surface area contributed by atoms with E-state index < -0.39 is 11.7 Å². The van der Waals surface area contributed by atoms with Crippen LogP contribution in [0.3, 0.4) is 0 Å². The number of H-pyrrole nitrogens is 1. The number of likely N-dealkylation sites (tertiary alicyclic amines) is 1. The lowest BCUT2D eigenvalue weighted by atomic mass is 9.90. The van der Waals surface area contributed by atoms with Crippen LogP contribution in [0.2, 0.25) is 0 Å². The number of aromatic nitrogens is 3. The summed E-state index contributed by atoms with van der Waals surface area (Å²) in [5.74, 6) is 1.29. The van der Waals surface area contributed by atoms with Gasteiger partial charge in [-0.05, 0) is 51.7 Å². The summed E-state index contributed by atoms with van der Waals surface area (Å²) >= 11 is 0. The summed E-state index contributed by atoms with van der Waals surface area (Å²) in [7, 11) is 3.65. The molecule has 1 aromatic heterocycles. The van der Waals surface area contributed by atoms with Crippen molar-refractivity contribution in [3.05, 3.63) is 47.0 Å². The molecule has 1 amide bonds. The third-order valence-electron chi connectivity index (χ3n) is 5.14. The predicted molar refractivity (Wildman–Crippen MR) is 106 cm³/mol. The van der Waals surface area contributed by atoms with Crippen LogP contribution in [0.1, 0.15) is 35.1 Å². The van der Waals surface area contributed by atoms with Crippen molar-refractivity contribution in [1.29, 1.82) is 0 Å². The first-order valence-corrected chi connectivity index (χ1v) is 9.83. The van der Waals surface area contributed by atoms with E-state index in [9.17, 15) is 18.0 Å². The van der Waals surface area contributed by atoms with E-state index >= 15 is 0 Å². The molecule has 1 aliphatic heterocycles. The van der Waals surface area contributed by atoms with Crippen LogP contribution in [-0.2, 0) is 17.5 Å². The molecule has 2 atom stereocenters. The van der Waals surface area contributed by atoms with Crippen LogP contribution < -0.4 is 5.32 Å². The van der Waals surface area contributed by atoms with Gasteiger partial charge in [0.1, 0.15) is 5.82 Å². The summed E-state index contributed by atoms with van der Waals surface area (Å²) in [5.41, 5.74) is 0.146. The zero-order valence-corrected chi connectivity index (χ0v) is 17.3. The molecular weight excluding hydrogens is 397 g/mol. The Morgan fingerprint density at radius 1 is 1.30 bits per heavy atom. The Labute approximate surface area is 173 Å². The molecule has 0 bridgehead atoms. The van der Waals surface area contributed by atoms with Crippen LogP contribution in [0.25, 0.3) is 0 Å². The molecule has 30 heavy (non-hydrogen) atoms. The lowest BCUT2D eigenvalue weighted by Crippen LogP contribution is -2.53. The Morgan fingerprint density at radius 3 is 2.57 bits per heavy atom. The van der Waals surface area contributed by atoms with E-state index in [1.54, 1.807) is 4.90 Å². The molecular formula is C20H27F3N6O. The first-order valence-electron chi connectivity index (χ1n) is 9.83. The molecule has 1 aliphatic rings. The largest absolute Gasteiger partial charge is 0.416 e. The summed E-state index contributed by atoms with van der Waals surface area (Å²) in [6, 6.07) is 5.04. The van der Waals surface area contributed by atoms with Crippen molar-refractivity contribution in [3.63, 3.8) is 0 Å². The SMILES string of the molecule is Cc1nc([C@H]2CCN(Cc3ccc(C(F)(F)F)cc3)C[C@H]2NC(=O)CN(C)C)n[nH]1. The summed E-state index contributed by atoms with van der Waals surface area (Å²) in [6.07, 6.45) is -3.60. The van der Waals surface area contributed by atoms with Gasteiger partial charge in [0.05, 0.1) is 18.2 Å². The molecule has 1 aromatic carbocycles. The Kier molecular flexibility index (Phi) is 6.77. The minimum absolute atomic E-state index is 0.0232. The number of carbonyl (C=O) groups is 1. The zero-order valence-electron chi connectivity index (χ0n) is 17.3. The fourth-order valence-corrected chi connectivity index (χ4v) is 3.74. The highest BCUT2D eigenvalue weighted by Gasteiger charge is 2.34. The number of hydrogen-bond donors (Lipinski definition) is 2. The molecule has 3 rings (SSSR count). The third-order valence-corrected chi connectivity index (χ3v) is 5.14. The maximum atomic E-state index is 12.8. The predicted octanol–water partition coefficient (Wildman–Crippen LogP) is 2.17. The normalized spacial score (nSPS) is 20.5. The van der Waals surface area contributed by atoms with Crippen LogP contribution >= 0.6 is 0 Å². The van der Waals surface area contributed by atoms with E-state index in [0.717, 1.165) is 36.5 Å². The van der Waals surface area contributed by atoms with Crippen molar-refractivity contribution >= 4 is 5.91 Å². The molecule has 164 valence electrons. The average Bonchev–Trinajstić information content (AvgIpc) is 3.07. The van der Waals surface area contributed by atoms with Gasteiger partial charge >= 0.3 is 6.18 Å². The van der Waals surface area contributed by atoms with Gasteiger partial charge in [-0.25, -0.2) is 4.98 Å². The van der Waals surface area contributed by atoms with Crippen LogP contribution in [0.5, 0.6) is 0 Å². The van der Waals surface area contributed by atoms with Gasteiger partial charge in [-0.15, -0.1) is 0 Å². The number of nitrogens with one attached hydrogen (secondary N) is 2. The molecule has 1 saturated heterocycles. The molecule has 10 heteroatoms. The first kappa shape index (κ1) is 22.2. The Balaban J connectivity index is 1.70. The van der Waals surface area contributed by atoms with Crippen molar-refractivity contribution in [2.75, 3.05) is 33.7 Å². The van der Waals surface area contributed by atoms with E-state index in [0.29, 0.717) is 18.9 Å². The average molecular weight is 424 g/mol. The lowest BCUT2D eigenvalue weighted by molar-refractivity contribution is -0.137. The van der Waals surface area contributed by atoms with Gasteiger partial charge in [0, 0.05) is 19.0 Å². The maximum Gasteiger partial charge on any atom is 0.416 e. The van der Waals surface area contributed by atoms with Gasteiger partial charge in [-0.2, -0.15) is 18.3 Å². The zero-order chi connectivity index (χ0) is 21.9. The second-order valence-corrected chi connectivity index (χ2v) is 8.02. The van der Waals surface area contributed by atoms with Crippen molar-refractivity contribution in [1.82, 2.24) is 30.3 Å². The van der Waals surface area contributed by atoms with Crippen molar-refractivity contribution < 1.29 is 18.0 Å². The Bertz CT molecular complexity index is 849. The van der Waals surface area contributed by atoms with Gasteiger partial charge in [0.2, 0.25) is 5.91 Å². The maximum absolute atomic E-state index is 12.8. The first-order chi connectivity index (χ1) is 14.1. The summed E-state index contributed by atoms with van der Waals surface area (Å²) < 4.78 is 38.3. The summed E-state index contributed by atoms with van der Waals surface area (Å²) in [5, 5.41) is 10.2. The fourth-order valence-electron chi connectivity index (χ4n) is 3.74. The number of aryl methyl sites for hydroxylation is 1. The topological polar surface area (TPSA) is 77.2 Å². The van der Waals surface area contributed by atoms with Crippen molar-refractivity contribution in [3.8, 4) is 0 Å². The second kappa shape index (κ2) is 9.13. The van der Waals surface area contributed by atoms with E-state index in [2.05, 4.69) is 25.4 Å². The van der Waals surface area contributed by atoms with Gasteiger partial charge in [-0.1, -0.05) is 12.1 Å². The minimum Gasteiger partial charge on any atom is -0.350 e. The number of halogens is 3. The smallest absolute Gasteiger partial charge is 0.350 e. The molecule has 0 aliphatic carbocycles. The summed E-state index contributed by atoms with van der Waals surface area (Å²) in [4.78, 5) is 20.7. The van der Waals surface area contributed by atoms with E-state index in [-0.39, 0.29) is 24.4 Å². The molecule has 0 radical (unpaired) electrons. The van der Waals surface area contributed by atoms with Gasteiger partial charge < -0.3 is 10.2 Å². The minimum atomic E-state index is -4.34. The number of nitrogens with zero attached hydrogens (tertiary/aromatic N) is 4. The quantitative estimate of drug-likeness (QED) is 0.743. The highest BCUT2D eigenvalue weighted by molar-refractivity contribution is 5.78. The molecule has 0 spiro atoms. The number of piperidine rings is 1. The number of amides is 1. The number of carbonyl (C=O) groups excluding carboxylic acids is 1. The standard InChI is InChI=1S/C20H27F3N6O/c1-13-24-19(27-26-13)16-8-9-29(11-17(16)25-18(30)12-28(2)3)10-14-4-6-15(7-5-14)20(21,22)23/h4-7,16-17H,8-12H2,1-3H3,(H,25,30)(H,24,26,27)/t16-,17+/m0/s1. The molecule has 2 aromatic rings. The third kappa shape index (κ3) is 5.79. The lowest BCUT2D eigenvalue weighted by Gasteiger charge is -2.38. The van der Waals surface area contributed by atoms with Crippen LogP contribution in [0, 0.1) is 6.92 Å².